The minimum atomic E-state index is 0.605. The van der Waals surface area contributed by atoms with Crippen LogP contribution in [-0.2, 0) is 13.0 Å². The van der Waals surface area contributed by atoms with Gasteiger partial charge >= 0.3 is 0 Å². The summed E-state index contributed by atoms with van der Waals surface area (Å²) < 4.78 is 3.23. The first kappa shape index (κ1) is 13.4. The minimum absolute atomic E-state index is 0.605. The maximum absolute atomic E-state index is 5.89. The molecule has 1 saturated carbocycles. The van der Waals surface area contributed by atoms with Crippen LogP contribution in [0.25, 0.3) is 11.2 Å². The van der Waals surface area contributed by atoms with Crippen molar-refractivity contribution in [1.29, 1.82) is 0 Å². The molecule has 0 N–H and O–H groups in total. The summed E-state index contributed by atoms with van der Waals surface area (Å²) in [7, 11) is 0. The van der Waals surface area contributed by atoms with Gasteiger partial charge in [-0.05, 0) is 34.3 Å². The summed E-state index contributed by atoms with van der Waals surface area (Å²) in [5.41, 5.74) is 1.95. The Balaban J connectivity index is 1.90. The Hall–Kier alpha value is -0.610. The van der Waals surface area contributed by atoms with Crippen molar-refractivity contribution in [2.75, 3.05) is 5.88 Å². The van der Waals surface area contributed by atoms with Gasteiger partial charge in [-0.1, -0.05) is 19.3 Å². The average molecular weight is 343 g/mol. The van der Waals surface area contributed by atoms with Gasteiger partial charge in [-0.3, -0.25) is 0 Å². The van der Waals surface area contributed by atoms with Crippen molar-refractivity contribution in [2.45, 2.75) is 38.6 Å². The third kappa shape index (κ3) is 2.79. The van der Waals surface area contributed by atoms with Gasteiger partial charge in [0.15, 0.2) is 5.65 Å². The largest absolute Gasteiger partial charge is 0.313 e. The molecule has 0 spiro atoms. The molecule has 2 aromatic heterocycles. The lowest BCUT2D eigenvalue weighted by Gasteiger charge is -2.25. The van der Waals surface area contributed by atoms with Crippen molar-refractivity contribution in [3.63, 3.8) is 0 Å². The zero-order valence-electron chi connectivity index (χ0n) is 10.8. The summed E-state index contributed by atoms with van der Waals surface area (Å²) in [6.45, 7) is 1.02. The molecular weight excluding hydrogens is 326 g/mol. The van der Waals surface area contributed by atoms with E-state index in [0.717, 1.165) is 40.3 Å². The lowest BCUT2D eigenvalue weighted by molar-refractivity contribution is 0.282. The van der Waals surface area contributed by atoms with Crippen molar-refractivity contribution in [3.8, 4) is 0 Å². The molecule has 2 heterocycles. The highest BCUT2D eigenvalue weighted by molar-refractivity contribution is 9.10. The SMILES string of the molecule is ClCCc1nc2cc(Br)cnc2n1CCC1CCC1. The van der Waals surface area contributed by atoms with Gasteiger partial charge in [0.25, 0.3) is 0 Å². The smallest absolute Gasteiger partial charge is 0.160 e. The predicted octanol–water partition coefficient (Wildman–Crippen LogP) is 4.17. The van der Waals surface area contributed by atoms with Gasteiger partial charge in [0, 0.05) is 29.5 Å². The van der Waals surface area contributed by atoms with E-state index < -0.39 is 0 Å². The summed E-state index contributed by atoms with van der Waals surface area (Å²) in [5.74, 6) is 2.57. The lowest BCUT2D eigenvalue weighted by Crippen LogP contribution is -2.15. The van der Waals surface area contributed by atoms with Crippen LogP contribution in [0, 0.1) is 5.92 Å². The number of imidazole rings is 1. The van der Waals surface area contributed by atoms with E-state index in [4.69, 9.17) is 11.6 Å². The molecule has 19 heavy (non-hydrogen) atoms. The van der Waals surface area contributed by atoms with Crippen molar-refractivity contribution in [2.24, 2.45) is 5.92 Å². The van der Waals surface area contributed by atoms with Gasteiger partial charge in [0.05, 0.1) is 0 Å². The number of alkyl halides is 1. The van der Waals surface area contributed by atoms with Crippen LogP contribution in [0.5, 0.6) is 0 Å². The highest BCUT2D eigenvalue weighted by Gasteiger charge is 2.19. The first-order valence-electron chi connectivity index (χ1n) is 6.84. The number of pyridine rings is 1. The van der Waals surface area contributed by atoms with Crippen molar-refractivity contribution in [3.05, 3.63) is 22.6 Å². The number of halogens is 2. The van der Waals surface area contributed by atoms with Crippen LogP contribution in [0.1, 0.15) is 31.5 Å². The number of aryl methyl sites for hydroxylation is 2. The quantitative estimate of drug-likeness (QED) is 0.764. The molecule has 0 unspecified atom stereocenters. The van der Waals surface area contributed by atoms with Gasteiger partial charge in [0.2, 0.25) is 0 Å². The van der Waals surface area contributed by atoms with Crippen molar-refractivity contribution >= 4 is 38.7 Å². The van der Waals surface area contributed by atoms with E-state index in [9.17, 15) is 0 Å². The number of aromatic nitrogens is 3. The molecule has 5 heteroatoms. The molecule has 0 aliphatic heterocycles. The third-order valence-electron chi connectivity index (χ3n) is 3.93. The zero-order valence-corrected chi connectivity index (χ0v) is 13.1. The van der Waals surface area contributed by atoms with E-state index in [1.165, 1.54) is 25.7 Å². The van der Waals surface area contributed by atoms with Gasteiger partial charge in [-0.25, -0.2) is 9.97 Å². The van der Waals surface area contributed by atoms with E-state index in [0.29, 0.717) is 5.88 Å². The van der Waals surface area contributed by atoms with Crippen molar-refractivity contribution < 1.29 is 0 Å². The fourth-order valence-electron chi connectivity index (χ4n) is 2.64. The van der Waals surface area contributed by atoms with Gasteiger partial charge in [-0.2, -0.15) is 0 Å². The van der Waals surface area contributed by atoms with E-state index in [2.05, 4.69) is 30.5 Å². The number of nitrogens with zero attached hydrogens (tertiary/aromatic N) is 3. The molecule has 3 nitrogen and oxygen atoms in total. The Morgan fingerprint density at radius 3 is 2.95 bits per heavy atom. The molecule has 102 valence electrons. The zero-order chi connectivity index (χ0) is 13.2. The minimum Gasteiger partial charge on any atom is -0.313 e. The van der Waals surface area contributed by atoms with Crippen LogP contribution < -0.4 is 0 Å². The summed E-state index contributed by atoms with van der Waals surface area (Å²) in [6.07, 6.45) is 8.05. The van der Waals surface area contributed by atoms with E-state index in [1.807, 2.05) is 12.3 Å². The second-order valence-corrected chi connectivity index (χ2v) is 6.49. The summed E-state index contributed by atoms with van der Waals surface area (Å²) in [5, 5.41) is 0. The van der Waals surface area contributed by atoms with Gasteiger partial charge in [0.1, 0.15) is 11.3 Å². The Bertz CT molecular complexity index is 577. The van der Waals surface area contributed by atoms with E-state index >= 15 is 0 Å². The monoisotopic (exact) mass is 341 g/mol. The Morgan fingerprint density at radius 1 is 1.42 bits per heavy atom. The van der Waals surface area contributed by atoms with Crippen LogP contribution in [0.15, 0.2) is 16.7 Å². The standard InChI is InChI=1S/C14H17BrClN3/c15-11-8-12-14(17-9-11)19(13(18-12)4-6-16)7-5-10-2-1-3-10/h8-10H,1-7H2. The molecule has 0 radical (unpaired) electrons. The molecule has 0 saturated heterocycles. The molecule has 2 aromatic rings. The highest BCUT2D eigenvalue weighted by Crippen LogP contribution is 2.30. The number of fused-ring (bicyclic) bond motifs is 1. The van der Waals surface area contributed by atoms with E-state index in [1.54, 1.807) is 0 Å². The summed E-state index contributed by atoms with van der Waals surface area (Å²) in [4.78, 5) is 9.19. The second kappa shape index (κ2) is 5.80. The molecule has 1 aliphatic carbocycles. The predicted molar refractivity (Wildman–Crippen MR) is 81.6 cm³/mol. The number of hydrogen-bond acceptors (Lipinski definition) is 2. The second-order valence-electron chi connectivity index (χ2n) is 5.20. The topological polar surface area (TPSA) is 30.7 Å². The van der Waals surface area contributed by atoms with Crippen LogP contribution in [0.4, 0.5) is 0 Å². The van der Waals surface area contributed by atoms with Gasteiger partial charge in [-0.15, -0.1) is 11.6 Å². The number of hydrogen-bond donors (Lipinski definition) is 0. The van der Waals surface area contributed by atoms with Crippen molar-refractivity contribution in [1.82, 2.24) is 14.5 Å². The lowest BCUT2D eigenvalue weighted by atomic mass is 9.83. The van der Waals surface area contributed by atoms with Gasteiger partial charge < -0.3 is 4.57 Å². The molecule has 0 bridgehead atoms. The van der Waals surface area contributed by atoms with Crippen LogP contribution in [0.2, 0.25) is 0 Å². The molecule has 1 fully saturated rings. The Labute approximate surface area is 126 Å². The first-order chi connectivity index (χ1) is 9.28. The van der Waals surface area contributed by atoms with E-state index in [-0.39, 0.29) is 0 Å². The molecule has 0 atom stereocenters. The molecule has 3 rings (SSSR count). The molecule has 0 amide bonds. The summed E-state index contributed by atoms with van der Waals surface area (Å²) >= 11 is 9.33. The molecule has 1 aliphatic rings. The maximum atomic E-state index is 5.89. The highest BCUT2D eigenvalue weighted by atomic mass is 79.9. The fourth-order valence-corrected chi connectivity index (χ4v) is 3.12. The average Bonchev–Trinajstić information content (AvgIpc) is 2.65. The molecular formula is C14H17BrClN3. The maximum Gasteiger partial charge on any atom is 0.160 e. The van der Waals surface area contributed by atoms with Crippen LogP contribution in [-0.4, -0.2) is 20.4 Å². The number of rotatable bonds is 5. The molecule has 0 aromatic carbocycles. The first-order valence-corrected chi connectivity index (χ1v) is 8.17. The fraction of sp³-hybridized carbons (Fsp3) is 0.571. The normalized spacial score (nSPS) is 15.9. The Kier molecular flexibility index (Phi) is 4.08. The third-order valence-corrected chi connectivity index (χ3v) is 4.56. The van der Waals surface area contributed by atoms with Crippen LogP contribution >= 0.6 is 27.5 Å². The Morgan fingerprint density at radius 2 is 2.26 bits per heavy atom. The summed E-state index contributed by atoms with van der Waals surface area (Å²) in [6, 6.07) is 2.03. The van der Waals surface area contributed by atoms with Crippen LogP contribution in [0.3, 0.4) is 0 Å².